The van der Waals surface area contributed by atoms with Crippen molar-refractivity contribution in [2.75, 3.05) is 6.54 Å². The Balaban J connectivity index is 2.68. The second-order valence-corrected chi connectivity index (χ2v) is 3.47. The lowest BCUT2D eigenvalue weighted by Gasteiger charge is -2.17. The van der Waals surface area contributed by atoms with Crippen molar-refractivity contribution >= 4 is 11.8 Å². The lowest BCUT2D eigenvalue weighted by atomic mass is 10.1. The molecule has 0 aliphatic carbocycles. The first kappa shape index (κ1) is 12.9. The molecule has 0 saturated carbocycles. The van der Waals surface area contributed by atoms with Crippen LogP contribution < -0.4 is 0 Å². The Labute approximate surface area is 101 Å². The fraction of sp³-hybridized carbons (Fsp3) is 0.143. The second kappa shape index (κ2) is 6.43. The third-order valence-electron chi connectivity index (χ3n) is 2.35. The van der Waals surface area contributed by atoms with E-state index >= 15 is 0 Å². The van der Waals surface area contributed by atoms with Gasteiger partial charge in [-0.3, -0.25) is 14.5 Å². The second-order valence-electron chi connectivity index (χ2n) is 3.47. The van der Waals surface area contributed by atoms with Gasteiger partial charge < -0.3 is 0 Å². The molecule has 0 aliphatic heterocycles. The maximum atomic E-state index is 11.5. The van der Waals surface area contributed by atoms with E-state index in [1.165, 1.54) is 0 Å². The van der Waals surface area contributed by atoms with Crippen LogP contribution in [-0.4, -0.2) is 23.3 Å². The number of amides is 2. The highest BCUT2D eigenvalue weighted by atomic mass is 16.2. The van der Waals surface area contributed by atoms with Crippen LogP contribution >= 0.6 is 0 Å². The van der Waals surface area contributed by atoms with Crippen LogP contribution in [0.1, 0.15) is 5.56 Å². The first-order valence-electron chi connectivity index (χ1n) is 5.33. The maximum absolute atomic E-state index is 11.5. The Bertz CT molecular complexity index is 403. The van der Waals surface area contributed by atoms with E-state index < -0.39 is 11.8 Å². The molecule has 1 aromatic rings. The topological polar surface area (TPSA) is 37.4 Å². The van der Waals surface area contributed by atoms with Crippen LogP contribution in [0.5, 0.6) is 0 Å². The van der Waals surface area contributed by atoms with Gasteiger partial charge in [0.2, 0.25) is 0 Å². The first-order chi connectivity index (χ1) is 8.19. The molecule has 0 N–H and O–H groups in total. The molecule has 88 valence electrons. The van der Waals surface area contributed by atoms with Gasteiger partial charge in [-0.05, 0) is 24.1 Å². The summed E-state index contributed by atoms with van der Waals surface area (Å²) in [5.41, 5.74) is 1.08. The summed E-state index contributed by atoms with van der Waals surface area (Å²) in [5, 5.41) is 0. The summed E-state index contributed by atoms with van der Waals surface area (Å²) >= 11 is 0. The molecular formula is C14H15NO2. The molecule has 0 spiro atoms. The van der Waals surface area contributed by atoms with E-state index in [4.69, 9.17) is 0 Å². The summed E-state index contributed by atoms with van der Waals surface area (Å²) in [6, 6.07) is 9.67. The van der Waals surface area contributed by atoms with Gasteiger partial charge in [0.1, 0.15) is 0 Å². The van der Waals surface area contributed by atoms with Gasteiger partial charge in [-0.15, -0.1) is 0 Å². The minimum absolute atomic E-state index is 0.333. The standard InChI is InChI=1S/C14H15NO2/c1-3-13(16)15(14(17)4-2)11-10-12-8-6-5-7-9-12/h3-9H,1-2,10-11H2. The molecule has 3 nitrogen and oxygen atoms in total. The largest absolute Gasteiger partial charge is 0.275 e. The fourth-order valence-electron chi connectivity index (χ4n) is 1.43. The van der Waals surface area contributed by atoms with Crippen molar-refractivity contribution in [2.24, 2.45) is 0 Å². The van der Waals surface area contributed by atoms with E-state index in [0.29, 0.717) is 13.0 Å². The average molecular weight is 229 g/mol. The summed E-state index contributed by atoms with van der Waals surface area (Å²) in [6.07, 6.45) is 2.89. The van der Waals surface area contributed by atoms with Gasteiger partial charge in [-0.2, -0.15) is 0 Å². The lowest BCUT2D eigenvalue weighted by Crippen LogP contribution is -2.36. The number of hydrogen-bond acceptors (Lipinski definition) is 2. The highest BCUT2D eigenvalue weighted by Crippen LogP contribution is 2.03. The number of carbonyl (C=O) groups is 2. The molecule has 0 fully saturated rings. The Morgan fingerprint density at radius 2 is 1.59 bits per heavy atom. The molecule has 0 atom stereocenters. The van der Waals surface area contributed by atoms with Crippen LogP contribution in [0.3, 0.4) is 0 Å². The van der Waals surface area contributed by atoms with Crippen molar-refractivity contribution in [1.29, 1.82) is 0 Å². The Morgan fingerprint density at radius 3 is 2.06 bits per heavy atom. The summed E-state index contributed by atoms with van der Waals surface area (Å²) < 4.78 is 0. The van der Waals surface area contributed by atoms with Crippen molar-refractivity contribution < 1.29 is 9.59 Å². The molecule has 0 aromatic heterocycles. The van der Waals surface area contributed by atoms with E-state index in [2.05, 4.69) is 13.2 Å². The SMILES string of the molecule is C=CC(=O)N(CCc1ccccc1)C(=O)C=C. The minimum Gasteiger partial charge on any atom is -0.275 e. The van der Waals surface area contributed by atoms with E-state index in [1.807, 2.05) is 30.3 Å². The Hall–Kier alpha value is -2.16. The van der Waals surface area contributed by atoms with Crippen molar-refractivity contribution in [3.63, 3.8) is 0 Å². The zero-order valence-electron chi connectivity index (χ0n) is 9.63. The van der Waals surface area contributed by atoms with Crippen LogP contribution in [0.25, 0.3) is 0 Å². The van der Waals surface area contributed by atoms with Gasteiger partial charge >= 0.3 is 0 Å². The van der Waals surface area contributed by atoms with E-state index in [1.54, 1.807) is 0 Å². The molecule has 0 heterocycles. The van der Waals surface area contributed by atoms with Gasteiger partial charge in [-0.25, -0.2) is 0 Å². The summed E-state index contributed by atoms with van der Waals surface area (Å²) in [5.74, 6) is -0.795. The Kier molecular flexibility index (Phi) is 4.88. The highest BCUT2D eigenvalue weighted by molar-refractivity contribution is 6.04. The van der Waals surface area contributed by atoms with Crippen molar-refractivity contribution in [3.05, 3.63) is 61.2 Å². The predicted molar refractivity (Wildman–Crippen MR) is 67.3 cm³/mol. The average Bonchev–Trinajstić information content (AvgIpc) is 2.39. The minimum atomic E-state index is -0.397. The molecule has 17 heavy (non-hydrogen) atoms. The molecule has 0 aliphatic rings. The number of nitrogens with zero attached hydrogens (tertiary/aromatic N) is 1. The van der Waals surface area contributed by atoms with E-state index in [9.17, 15) is 9.59 Å². The monoisotopic (exact) mass is 229 g/mol. The Morgan fingerprint density at radius 1 is 1.06 bits per heavy atom. The van der Waals surface area contributed by atoms with Gasteiger partial charge in [0.15, 0.2) is 0 Å². The summed E-state index contributed by atoms with van der Waals surface area (Å²) in [6.45, 7) is 7.08. The number of hydrogen-bond donors (Lipinski definition) is 0. The van der Waals surface area contributed by atoms with Crippen LogP contribution in [0, 0.1) is 0 Å². The van der Waals surface area contributed by atoms with Crippen LogP contribution in [0.2, 0.25) is 0 Å². The van der Waals surface area contributed by atoms with Gasteiger partial charge in [0.25, 0.3) is 11.8 Å². The molecule has 1 rings (SSSR count). The third kappa shape index (κ3) is 3.72. The molecule has 0 bridgehead atoms. The van der Waals surface area contributed by atoms with Gasteiger partial charge in [0, 0.05) is 6.54 Å². The molecule has 2 amide bonds. The summed E-state index contributed by atoms with van der Waals surface area (Å²) in [4.78, 5) is 24.1. The molecule has 1 aromatic carbocycles. The molecular weight excluding hydrogens is 214 g/mol. The van der Waals surface area contributed by atoms with E-state index in [-0.39, 0.29) is 0 Å². The first-order valence-corrected chi connectivity index (χ1v) is 5.33. The summed E-state index contributed by atoms with van der Waals surface area (Å²) in [7, 11) is 0. The van der Waals surface area contributed by atoms with Crippen molar-refractivity contribution in [2.45, 2.75) is 6.42 Å². The molecule has 3 heteroatoms. The molecule has 0 unspecified atom stereocenters. The highest BCUT2D eigenvalue weighted by Gasteiger charge is 2.15. The fourth-order valence-corrected chi connectivity index (χ4v) is 1.43. The maximum Gasteiger partial charge on any atom is 0.252 e. The van der Waals surface area contributed by atoms with Crippen molar-refractivity contribution in [3.8, 4) is 0 Å². The zero-order chi connectivity index (χ0) is 12.7. The zero-order valence-corrected chi connectivity index (χ0v) is 9.63. The van der Waals surface area contributed by atoms with E-state index in [0.717, 1.165) is 22.6 Å². The molecule has 0 saturated heterocycles. The van der Waals surface area contributed by atoms with Gasteiger partial charge in [-0.1, -0.05) is 43.5 Å². The van der Waals surface area contributed by atoms with Crippen LogP contribution in [0.15, 0.2) is 55.6 Å². The van der Waals surface area contributed by atoms with Crippen LogP contribution in [-0.2, 0) is 16.0 Å². The van der Waals surface area contributed by atoms with Crippen molar-refractivity contribution in [1.82, 2.24) is 4.90 Å². The number of rotatable bonds is 5. The normalized spacial score (nSPS) is 9.41. The third-order valence-corrected chi connectivity index (χ3v) is 2.35. The number of imide groups is 1. The molecule has 0 radical (unpaired) electrons. The quantitative estimate of drug-likeness (QED) is 0.724. The van der Waals surface area contributed by atoms with Crippen LogP contribution in [0.4, 0.5) is 0 Å². The smallest absolute Gasteiger partial charge is 0.252 e. The lowest BCUT2D eigenvalue weighted by molar-refractivity contribution is -0.138. The van der Waals surface area contributed by atoms with Gasteiger partial charge in [0.05, 0.1) is 0 Å². The number of benzene rings is 1. The predicted octanol–water partition coefficient (Wildman–Crippen LogP) is 1.96. The number of carbonyl (C=O) groups excluding carboxylic acids is 2.